The second-order valence-corrected chi connectivity index (χ2v) is 7.66. The molecule has 0 aliphatic carbocycles. The minimum atomic E-state index is -4.39. The molecule has 0 bridgehead atoms. The lowest BCUT2D eigenvalue weighted by Crippen LogP contribution is -2.18. The number of hydrogen-bond donors (Lipinski definition) is 2. The topological polar surface area (TPSA) is 37.0 Å². The van der Waals surface area contributed by atoms with Gasteiger partial charge in [-0.25, -0.2) is 4.98 Å². The van der Waals surface area contributed by atoms with Crippen molar-refractivity contribution in [1.29, 1.82) is 0 Å². The number of fused-ring (bicyclic) bond motifs is 1. The first-order valence-corrected chi connectivity index (χ1v) is 9.82. The molecule has 0 spiro atoms. The Morgan fingerprint density at radius 3 is 2.34 bits per heavy atom. The van der Waals surface area contributed by atoms with E-state index in [2.05, 4.69) is 15.6 Å². The zero-order valence-electron chi connectivity index (χ0n) is 14.8. The van der Waals surface area contributed by atoms with Gasteiger partial charge in [0, 0.05) is 16.9 Å². The predicted molar refractivity (Wildman–Crippen MR) is 116 cm³/mol. The average Bonchev–Trinajstić information content (AvgIpc) is 3.12. The zero-order valence-corrected chi connectivity index (χ0v) is 16.5. The number of para-hydroxylation sites is 1. The first kappa shape index (κ1) is 19.4. The van der Waals surface area contributed by atoms with Crippen molar-refractivity contribution in [1.82, 2.24) is 4.98 Å². The molecule has 0 atom stereocenters. The lowest BCUT2D eigenvalue weighted by Gasteiger charge is -2.11. The lowest BCUT2D eigenvalue weighted by atomic mass is 10.2. The summed E-state index contributed by atoms with van der Waals surface area (Å²) < 4.78 is 39.5. The number of nitrogens with zero attached hydrogens (tertiary/aromatic N) is 1. The summed E-state index contributed by atoms with van der Waals surface area (Å²) in [7, 11) is 0. The number of rotatable bonds is 3. The SMILES string of the molecule is FC(F)(F)c1ccc2sc(-c3cccc(NC(=S)Nc4ccccc4)c3)nc2c1. The molecule has 8 heteroatoms. The molecule has 0 amide bonds. The van der Waals surface area contributed by atoms with Crippen molar-refractivity contribution in [3.63, 3.8) is 0 Å². The molecule has 0 saturated carbocycles. The number of halogens is 3. The van der Waals surface area contributed by atoms with Crippen LogP contribution in [0, 0.1) is 0 Å². The molecule has 0 saturated heterocycles. The van der Waals surface area contributed by atoms with Crippen molar-refractivity contribution in [3.05, 3.63) is 78.4 Å². The van der Waals surface area contributed by atoms with E-state index in [4.69, 9.17) is 12.2 Å². The van der Waals surface area contributed by atoms with Gasteiger partial charge in [0.2, 0.25) is 0 Å². The fourth-order valence-electron chi connectivity index (χ4n) is 2.77. The van der Waals surface area contributed by atoms with Crippen molar-refractivity contribution in [2.24, 2.45) is 0 Å². The fourth-order valence-corrected chi connectivity index (χ4v) is 3.95. The molecule has 0 aliphatic rings. The molecule has 0 unspecified atom stereocenters. The van der Waals surface area contributed by atoms with Crippen LogP contribution in [-0.2, 0) is 6.18 Å². The summed E-state index contributed by atoms with van der Waals surface area (Å²) in [6, 6.07) is 20.6. The predicted octanol–water partition coefficient (Wildman–Crippen LogP) is 6.79. The van der Waals surface area contributed by atoms with Gasteiger partial charge in [0.1, 0.15) is 5.01 Å². The number of benzene rings is 3. The van der Waals surface area contributed by atoms with E-state index >= 15 is 0 Å². The normalized spacial score (nSPS) is 11.4. The highest BCUT2D eigenvalue weighted by Gasteiger charge is 2.30. The number of aromatic nitrogens is 1. The molecule has 146 valence electrons. The molecule has 2 N–H and O–H groups in total. The van der Waals surface area contributed by atoms with Gasteiger partial charge >= 0.3 is 6.18 Å². The summed E-state index contributed by atoms with van der Waals surface area (Å²) in [4.78, 5) is 4.39. The van der Waals surface area contributed by atoms with Crippen molar-refractivity contribution in [3.8, 4) is 10.6 Å². The van der Waals surface area contributed by atoms with E-state index in [1.807, 2.05) is 54.6 Å². The Bertz CT molecular complexity index is 1170. The van der Waals surface area contributed by atoms with Crippen LogP contribution in [0.4, 0.5) is 24.5 Å². The molecule has 1 aromatic heterocycles. The van der Waals surface area contributed by atoms with E-state index in [1.54, 1.807) is 0 Å². The van der Waals surface area contributed by atoms with E-state index in [0.717, 1.165) is 29.1 Å². The van der Waals surface area contributed by atoms with Gasteiger partial charge in [0.25, 0.3) is 0 Å². The summed E-state index contributed by atoms with van der Waals surface area (Å²) in [5.41, 5.74) is 2.06. The Morgan fingerprint density at radius 2 is 1.59 bits per heavy atom. The van der Waals surface area contributed by atoms with Gasteiger partial charge in [-0.2, -0.15) is 13.2 Å². The number of nitrogens with one attached hydrogen (secondary N) is 2. The Hall–Kier alpha value is -2.97. The maximum atomic E-state index is 12.9. The highest BCUT2D eigenvalue weighted by Crippen LogP contribution is 2.35. The van der Waals surface area contributed by atoms with Gasteiger partial charge in [-0.05, 0) is 54.7 Å². The molecule has 3 aromatic carbocycles. The van der Waals surface area contributed by atoms with E-state index in [1.165, 1.54) is 17.4 Å². The van der Waals surface area contributed by atoms with Gasteiger partial charge in [0.05, 0.1) is 15.8 Å². The van der Waals surface area contributed by atoms with Crippen LogP contribution in [0.1, 0.15) is 5.56 Å². The van der Waals surface area contributed by atoms with Crippen LogP contribution >= 0.6 is 23.6 Å². The number of thiocarbonyl (C=S) groups is 1. The molecule has 29 heavy (non-hydrogen) atoms. The second-order valence-electron chi connectivity index (χ2n) is 6.23. The first-order valence-electron chi connectivity index (χ1n) is 8.60. The van der Waals surface area contributed by atoms with Gasteiger partial charge < -0.3 is 10.6 Å². The smallest absolute Gasteiger partial charge is 0.332 e. The largest absolute Gasteiger partial charge is 0.416 e. The van der Waals surface area contributed by atoms with Crippen LogP contribution in [-0.4, -0.2) is 10.1 Å². The van der Waals surface area contributed by atoms with E-state index in [0.29, 0.717) is 20.3 Å². The maximum Gasteiger partial charge on any atom is 0.416 e. The third-order valence-electron chi connectivity index (χ3n) is 4.11. The second kappa shape index (κ2) is 7.81. The third kappa shape index (κ3) is 4.55. The summed E-state index contributed by atoms with van der Waals surface area (Å²) >= 11 is 6.68. The Kier molecular flexibility index (Phi) is 5.21. The minimum absolute atomic E-state index is 0.333. The van der Waals surface area contributed by atoms with Crippen molar-refractivity contribution in [2.45, 2.75) is 6.18 Å². The zero-order chi connectivity index (χ0) is 20.4. The standard InChI is InChI=1S/C21H14F3N3S2/c22-21(23,24)14-9-10-18-17(12-14)27-19(29-18)13-5-4-8-16(11-13)26-20(28)25-15-6-2-1-3-7-15/h1-12H,(H2,25,26,28). The first-order chi connectivity index (χ1) is 13.9. The van der Waals surface area contributed by atoms with Gasteiger partial charge in [-0.1, -0.05) is 30.3 Å². The maximum absolute atomic E-state index is 12.9. The van der Waals surface area contributed by atoms with Gasteiger partial charge in [-0.15, -0.1) is 11.3 Å². The fraction of sp³-hybridized carbons (Fsp3) is 0.0476. The summed E-state index contributed by atoms with van der Waals surface area (Å²) in [5, 5.41) is 7.28. The molecular formula is C21H14F3N3S2. The number of anilines is 2. The lowest BCUT2D eigenvalue weighted by molar-refractivity contribution is -0.137. The Labute approximate surface area is 174 Å². The average molecular weight is 429 g/mol. The van der Waals surface area contributed by atoms with Crippen molar-refractivity contribution >= 4 is 50.3 Å². The van der Waals surface area contributed by atoms with Crippen LogP contribution in [0.5, 0.6) is 0 Å². The number of alkyl halides is 3. The quantitative estimate of drug-likeness (QED) is 0.352. The molecule has 4 rings (SSSR count). The van der Waals surface area contributed by atoms with Crippen LogP contribution in [0.3, 0.4) is 0 Å². The van der Waals surface area contributed by atoms with E-state index in [9.17, 15) is 13.2 Å². The molecule has 4 aromatic rings. The monoisotopic (exact) mass is 429 g/mol. The minimum Gasteiger partial charge on any atom is -0.332 e. The van der Waals surface area contributed by atoms with Crippen LogP contribution in [0.25, 0.3) is 20.8 Å². The molecular weight excluding hydrogens is 415 g/mol. The molecule has 3 nitrogen and oxygen atoms in total. The third-order valence-corrected chi connectivity index (χ3v) is 5.40. The molecule has 1 heterocycles. The summed E-state index contributed by atoms with van der Waals surface area (Å²) in [5.74, 6) is 0. The van der Waals surface area contributed by atoms with E-state index < -0.39 is 11.7 Å². The van der Waals surface area contributed by atoms with Gasteiger partial charge in [-0.3, -0.25) is 0 Å². The summed E-state index contributed by atoms with van der Waals surface area (Å²) in [6.45, 7) is 0. The Balaban J connectivity index is 1.56. The molecule has 0 fully saturated rings. The van der Waals surface area contributed by atoms with Crippen LogP contribution < -0.4 is 10.6 Å². The highest BCUT2D eigenvalue weighted by atomic mass is 32.1. The van der Waals surface area contributed by atoms with Crippen molar-refractivity contribution < 1.29 is 13.2 Å². The van der Waals surface area contributed by atoms with Crippen LogP contribution in [0.15, 0.2) is 72.8 Å². The van der Waals surface area contributed by atoms with Crippen LogP contribution in [0.2, 0.25) is 0 Å². The van der Waals surface area contributed by atoms with Gasteiger partial charge in [0.15, 0.2) is 5.11 Å². The number of thiazole rings is 1. The molecule has 0 aliphatic heterocycles. The molecule has 0 radical (unpaired) electrons. The number of hydrogen-bond acceptors (Lipinski definition) is 3. The van der Waals surface area contributed by atoms with Crippen molar-refractivity contribution in [2.75, 3.05) is 10.6 Å². The van der Waals surface area contributed by atoms with E-state index in [-0.39, 0.29) is 0 Å². The summed E-state index contributed by atoms with van der Waals surface area (Å²) in [6.07, 6.45) is -4.39. The Morgan fingerprint density at radius 1 is 0.862 bits per heavy atom. The highest BCUT2D eigenvalue weighted by molar-refractivity contribution is 7.80.